The Bertz CT molecular complexity index is 348. The number of likely N-dealkylation sites (tertiary alicyclic amines) is 1. The van der Waals surface area contributed by atoms with E-state index in [1.54, 1.807) is 0 Å². The van der Waals surface area contributed by atoms with Crippen LogP contribution in [0.25, 0.3) is 0 Å². The molecule has 2 rings (SSSR count). The van der Waals surface area contributed by atoms with E-state index in [2.05, 4.69) is 30.1 Å². The van der Waals surface area contributed by atoms with E-state index < -0.39 is 0 Å². The minimum Gasteiger partial charge on any atom is -0.468 e. The Hall–Kier alpha value is -0.800. The topological polar surface area (TPSA) is 28.4 Å². The van der Waals surface area contributed by atoms with Crippen molar-refractivity contribution in [3.05, 3.63) is 23.7 Å². The molecule has 2 heterocycles. The maximum atomic E-state index is 5.68. The molecule has 1 fully saturated rings. The Labute approximate surface area is 111 Å². The zero-order chi connectivity index (χ0) is 12.8. The van der Waals surface area contributed by atoms with Crippen molar-refractivity contribution in [1.82, 2.24) is 10.2 Å². The summed E-state index contributed by atoms with van der Waals surface area (Å²) < 4.78 is 5.68. The molecule has 0 aliphatic carbocycles. The molecule has 1 unspecified atom stereocenters. The molecule has 3 heteroatoms. The predicted octanol–water partition coefficient (Wildman–Crippen LogP) is 3.15. The van der Waals surface area contributed by atoms with E-state index in [1.807, 2.05) is 6.26 Å². The molecule has 0 spiro atoms. The second kappa shape index (κ2) is 6.95. The van der Waals surface area contributed by atoms with E-state index in [9.17, 15) is 0 Å². The molecule has 1 aliphatic rings. The maximum Gasteiger partial charge on any atom is 0.118 e. The molecule has 1 N–H and O–H groups in total. The van der Waals surface area contributed by atoms with Gasteiger partial charge in [-0.25, -0.2) is 0 Å². The lowest BCUT2D eigenvalue weighted by molar-refractivity contribution is 0.126. The first-order chi connectivity index (χ1) is 8.83. The van der Waals surface area contributed by atoms with E-state index >= 15 is 0 Å². The second-order valence-corrected chi connectivity index (χ2v) is 5.23. The van der Waals surface area contributed by atoms with E-state index in [0.717, 1.165) is 31.4 Å². The summed E-state index contributed by atoms with van der Waals surface area (Å²) in [6.07, 6.45) is 7.22. The van der Waals surface area contributed by atoms with Gasteiger partial charge >= 0.3 is 0 Å². The molecule has 1 saturated heterocycles. The molecule has 18 heavy (non-hydrogen) atoms. The van der Waals surface area contributed by atoms with Crippen molar-refractivity contribution in [2.45, 2.75) is 58.7 Å². The zero-order valence-corrected chi connectivity index (χ0v) is 11.7. The molecular weight excluding hydrogens is 224 g/mol. The van der Waals surface area contributed by atoms with Crippen molar-refractivity contribution >= 4 is 0 Å². The average Bonchev–Trinajstić information content (AvgIpc) is 2.84. The van der Waals surface area contributed by atoms with Gasteiger partial charge in [0.15, 0.2) is 0 Å². The number of hydrogen-bond donors (Lipinski definition) is 1. The molecule has 1 aromatic rings. The van der Waals surface area contributed by atoms with Crippen molar-refractivity contribution in [2.75, 3.05) is 13.1 Å². The number of furan rings is 1. The minimum absolute atomic E-state index is 0.751. The standard InChI is InChI=1S/C15H26N2O/c1-3-14-7-5-6-8-17(14)11-15-9-13(12-18-15)10-16-4-2/h9,12,14,16H,3-8,10-11H2,1-2H3. The van der Waals surface area contributed by atoms with Gasteiger partial charge in [-0.3, -0.25) is 4.90 Å². The molecule has 3 nitrogen and oxygen atoms in total. The molecule has 1 aromatic heterocycles. The van der Waals surface area contributed by atoms with Crippen LogP contribution in [0.1, 0.15) is 50.9 Å². The van der Waals surface area contributed by atoms with Crippen LogP contribution in [-0.4, -0.2) is 24.0 Å². The van der Waals surface area contributed by atoms with Crippen LogP contribution in [0.3, 0.4) is 0 Å². The van der Waals surface area contributed by atoms with Crippen molar-refractivity contribution < 1.29 is 4.42 Å². The van der Waals surface area contributed by atoms with Gasteiger partial charge in [0.25, 0.3) is 0 Å². The third-order valence-electron chi connectivity index (χ3n) is 3.87. The van der Waals surface area contributed by atoms with Crippen molar-refractivity contribution in [1.29, 1.82) is 0 Å². The van der Waals surface area contributed by atoms with Gasteiger partial charge in [-0.15, -0.1) is 0 Å². The number of nitrogens with zero attached hydrogens (tertiary/aromatic N) is 1. The van der Waals surface area contributed by atoms with Crippen LogP contribution in [-0.2, 0) is 13.1 Å². The van der Waals surface area contributed by atoms with Crippen LogP contribution >= 0.6 is 0 Å². The summed E-state index contributed by atoms with van der Waals surface area (Å²) in [6.45, 7) is 8.54. The number of piperidine rings is 1. The van der Waals surface area contributed by atoms with Crippen LogP contribution in [0, 0.1) is 0 Å². The third kappa shape index (κ3) is 3.59. The highest BCUT2D eigenvalue weighted by Crippen LogP contribution is 2.22. The summed E-state index contributed by atoms with van der Waals surface area (Å²) in [5.41, 5.74) is 1.26. The highest BCUT2D eigenvalue weighted by molar-refractivity contribution is 5.12. The Kier molecular flexibility index (Phi) is 5.26. The van der Waals surface area contributed by atoms with E-state index in [4.69, 9.17) is 4.42 Å². The molecule has 0 radical (unpaired) electrons. The highest BCUT2D eigenvalue weighted by atomic mass is 16.3. The Balaban J connectivity index is 1.89. The van der Waals surface area contributed by atoms with Gasteiger partial charge in [0, 0.05) is 18.2 Å². The molecule has 1 atom stereocenters. The molecule has 0 bridgehead atoms. The van der Waals surface area contributed by atoms with Crippen molar-refractivity contribution in [3.63, 3.8) is 0 Å². The molecule has 0 aromatic carbocycles. The Morgan fingerprint density at radius 3 is 3.06 bits per heavy atom. The van der Waals surface area contributed by atoms with Gasteiger partial charge in [0.1, 0.15) is 5.76 Å². The van der Waals surface area contributed by atoms with Crippen LogP contribution in [0.15, 0.2) is 16.7 Å². The molecule has 0 amide bonds. The first-order valence-electron chi connectivity index (χ1n) is 7.34. The summed E-state index contributed by atoms with van der Waals surface area (Å²) in [6, 6.07) is 2.95. The summed E-state index contributed by atoms with van der Waals surface area (Å²) >= 11 is 0. The van der Waals surface area contributed by atoms with E-state index in [1.165, 1.54) is 37.8 Å². The fraction of sp³-hybridized carbons (Fsp3) is 0.733. The number of rotatable bonds is 6. The van der Waals surface area contributed by atoms with Gasteiger partial charge in [0.2, 0.25) is 0 Å². The lowest BCUT2D eigenvalue weighted by Crippen LogP contribution is -2.38. The number of nitrogens with one attached hydrogen (secondary N) is 1. The fourth-order valence-corrected chi connectivity index (χ4v) is 2.80. The zero-order valence-electron chi connectivity index (χ0n) is 11.7. The summed E-state index contributed by atoms with van der Waals surface area (Å²) in [5, 5.41) is 3.33. The largest absolute Gasteiger partial charge is 0.468 e. The van der Waals surface area contributed by atoms with Crippen LogP contribution in [0.2, 0.25) is 0 Å². The fourth-order valence-electron chi connectivity index (χ4n) is 2.80. The smallest absolute Gasteiger partial charge is 0.118 e. The Morgan fingerprint density at radius 1 is 1.39 bits per heavy atom. The normalized spacial score (nSPS) is 21.3. The van der Waals surface area contributed by atoms with Crippen LogP contribution < -0.4 is 5.32 Å². The van der Waals surface area contributed by atoms with Crippen LogP contribution in [0.4, 0.5) is 0 Å². The highest BCUT2D eigenvalue weighted by Gasteiger charge is 2.21. The van der Waals surface area contributed by atoms with E-state index in [-0.39, 0.29) is 0 Å². The molecule has 102 valence electrons. The van der Waals surface area contributed by atoms with Gasteiger partial charge < -0.3 is 9.73 Å². The summed E-state index contributed by atoms with van der Waals surface area (Å²) in [5.74, 6) is 1.11. The van der Waals surface area contributed by atoms with Gasteiger partial charge in [-0.2, -0.15) is 0 Å². The quantitative estimate of drug-likeness (QED) is 0.840. The lowest BCUT2D eigenvalue weighted by atomic mass is 10.00. The van der Waals surface area contributed by atoms with E-state index in [0.29, 0.717) is 0 Å². The maximum absolute atomic E-state index is 5.68. The first kappa shape index (κ1) is 13.6. The predicted molar refractivity (Wildman–Crippen MR) is 74.4 cm³/mol. The SMILES string of the molecule is CCNCc1coc(CN2CCCCC2CC)c1. The first-order valence-corrected chi connectivity index (χ1v) is 7.34. The Morgan fingerprint density at radius 2 is 2.28 bits per heavy atom. The summed E-state index contributed by atoms with van der Waals surface area (Å²) in [4.78, 5) is 2.58. The third-order valence-corrected chi connectivity index (χ3v) is 3.87. The number of hydrogen-bond acceptors (Lipinski definition) is 3. The lowest BCUT2D eigenvalue weighted by Gasteiger charge is -2.34. The minimum atomic E-state index is 0.751. The molecule has 1 aliphatic heterocycles. The van der Waals surface area contributed by atoms with Gasteiger partial charge in [-0.1, -0.05) is 20.3 Å². The van der Waals surface area contributed by atoms with Gasteiger partial charge in [-0.05, 0) is 38.4 Å². The molecular formula is C15H26N2O. The monoisotopic (exact) mass is 250 g/mol. The van der Waals surface area contributed by atoms with Gasteiger partial charge in [0.05, 0.1) is 12.8 Å². The van der Waals surface area contributed by atoms with Crippen molar-refractivity contribution in [2.24, 2.45) is 0 Å². The molecule has 0 saturated carbocycles. The second-order valence-electron chi connectivity index (χ2n) is 5.23. The summed E-state index contributed by atoms with van der Waals surface area (Å²) in [7, 11) is 0. The van der Waals surface area contributed by atoms with Crippen LogP contribution in [0.5, 0.6) is 0 Å². The van der Waals surface area contributed by atoms with Crippen molar-refractivity contribution in [3.8, 4) is 0 Å². The average molecular weight is 250 g/mol.